The van der Waals surface area contributed by atoms with Gasteiger partial charge in [0.15, 0.2) is 0 Å². The first-order chi connectivity index (χ1) is 9.46. The molecular formula is C14H22BrN3O2. The Hall–Kier alpha value is -0.880. The molecule has 0 bridgehead atoms. The van der Waals surface area contributed by atoms with Crippen molar-refractivity contribution >= 4 is 21.7 Å². The fourth-order valence-electron chi connectivity index (χ4n) is 2.56. The van der Waals surface area contributed by atoms with Gasteiger partial charge in [-0.15, -0.1) is 0 Å². The Morgan fingerprint density at radius 2 is 2.25 bits per heavy atom. The summed E-state index contributed by atoms with van der Waals surface area (Å²) in [6, 6.07) is 0. The predicted molar refractivity (Wildman–Crippen MR) is 82.9 cm³/mol. The van der Waals surface area contributed by atoms with Crippen LogP contribution in [0.25, 0.3) is 0 Å². The molecule has 112 valence electrons. The van der Waals surface area contributed by atoms with Gasteiger partial charge in [0.25, 0.3) is 0 Å². The lowest BCUT2D eigenvalue weighted by Gasteiger charge is -2.43. The Bertz CT molecular complexity index is 468. The van der Waals surface area contributed by atoms with Gasteiger partial charge in [-0.05, 0) is 27.7 Å². The molecule has 1 atom stereocenters. The van der Waals surface area contributed by atoms with Gasteiger partial charge >= 0.3 is 0 Å². The van der Waals surface area contributed by atoms with Crippen LogP contribution in [-0.4, -0.2) is 46.7 Å². The smallest absolute Gasteiger partial charge is 0.221 e. The molecule has 1 aliphatic heterocycles. The highest BCUT2D eigenvalue weighted by molar-refractivity contribution is 9.09. The first kappa shape index (κ1) is 15.5. The highest BCUT2D eigenvalue weighted by Crippen LogP contribution is 2.30. The van der Waals surface area contributed by atoms with Crippen LogP contribution in [0.5, 0.6) is 5.88 Å². The van der Waals surface area contributed by atoms with E-state index in [2.05, 4.69) is 44.6 Å². The summed E-state index contributed by atoms with van der Waals surface area (Å²) in [6.45, 7) is 10.4. The van der Waals surface area contributed by atoms with E-state index in [-0.39, 0.29) is 11.7 Å². The van der Waals surface area contributed by atoms with Crippen LogP contribution < -0.4 is 9.64 Å². The summed E-state index contributed by atoms with van der Waals surface area (Å²) < 4.78 is 11.6. The molecule has 0 saturated carbocycles. The van der Waals surface area contributed by atoms with Crippen LogP contribution in [0.2, 0.25) is 0 Å². The van der Waals surface area contributed by atoms with Crippen LogP contribution in [-0.2, 0) is 4.74 Å². The summed E-state index contributed by atoms with van der Waals surface area (Å²) in [5, 5.41) is 0.815. The molecular weight excluding hydrogens is 322 g/mol. The van der Waals surface area contributed by atoms with Gasteiger partial charge in [-0.2, -0.15) is 0 Å². The van der Waals surface area contributed by atoms with Crippen molar-refractivity contribution in [2.45, 2.75) is 39.4 Å². The van der Waals surface area contributed by atoms with Gasteiger partial charge in [0.2, 0.25) is 5.88 Å². The van der Waals surface area contributed by atoms with Gasteiger partial charge in [-0.1, -0.05) is 15.9 Å². The molecule has 5 nitrogen and oxygen atoms in total. The molecule has 1 unspecified atom stereocenters. The van der Waals surface area contributed by atoms with Crippen LogP contribution in [0.1, 0.15) is 26.3 Å². The SMILES string of the molecule is CCOc1ncnc(N2CC(CBr)OC(C)(C)C2)c1C. The third-order valence-corrected chi connectivity index (χ3v) is 3.97. The summed E-state index contributed by atoms with van der Waals surface area (Å²) in [6.07, 6.45) is 1.72. The number of hydrogen-bond donors (Lipinski definition) is 0. The number of halogens is 1. The Morgan fingerprint density at radius 1 is 1.50 bits per heavy atom. The quantitative estimate of drug-likeness (QED) is 0.786. The van der Waals surface area contributed by atoms with Crippen LogP contribution in [0.3, 0.4) is 0 Å². The Morgan fingerprint density at radius 3 is 2.90 bits per heavy atom. The Labute approximate surface area is 128 Å². The lowest BCUT2D eigenvalue weighted by molar-refractivity contribution is -0.0726. The number of morpholine rings is 1. The summed E-state index contributed by atoms with van der Waals surface area (Å²) >= 11 is 3.51. The van der Waals surface area contributed by atoms with Crippen molar-refractivity contribution in [2.24, 2.45) is 0 Å². The second-order valence-electron chi connectivity index (χ2n) is 5.59. The number of rotatable bonds is 4. The van der Waals surface area contributed by atoms with E-state index in [0.717, 1.165) is 29.8 Å². The van der Waals surface area contributed by atoms with Crippen molar-refractivity contribution < 1.29 is 9.47 Å². The molecule has 1 aliphatic rings. The van der Waals surface area contributed by atoms with Crippen LogP contribution >= 0.6 is 15.9 Å². The van der Waals surface area contributed by atoms with Crippen molar-refractivity contribution in [3.05, 3.63) is 11.9 Å². The van der Waals surface area contributed by atoms with Crippen molar-refractivity contribution in [1.29, 1.82) is 0 Å². The highest BCUT2D eigenvalue weighted by atomic mass is 79.9. The number of ether oxygens (including phenoxy) is 2. The first-order valence-corrected chi connectivity index (χ1v) is 8.02. The summed E-state index contributed by atoms with van der Waals surface area (Å²) in [5.41, 5.74) is 0.792. The zero-order chi connectivity index (χ0) is 14.8. The zero-order valence-electron chi connectivity index (χ0n) is 12.5. The van der Waals surface area contributed by atoms with Gasteiger partial charge in [-0.3, -0.25) is 0 Å². The van der Waals surface area contributed by atoms with E-state index in [4.69, 9.17) is 9.47 Å². The first-order valence-electron chi connectivity index (χ1n) is 6.90. The summed E-state index contributed by atoms with van der Waals surface area (Å²) in [4.78, 5) is 10.9. The molecule has 0 N–H and O–H groups in total. The molecule has 0 amide bonds. The predicted octanol–water partition coefficient (Wildman–Crippen LogP) is 2.56. The van der Waals surface area contributed by atoms with Crippen molar-refractivity contribution in [3.8, 4) is 5.88 Å². The largest absolute Gasteiger partial charge is 0.478 e. The average Bonchev–Trinajstić information content (AvgIpc) is 2.39. The molecule has 20 heavy (non-hydrogen) atoms. The van der Waals surface area contributed by atoms with Crippen molar-refractivity contribution in [1.82, 2.24) is 9.97 Å². The average molecular weight is 344 g/mol. The second-order valence-corrected chi connectivity index (χ2v) is 6.24. The maximum atomic E-state index is 6.03. The third-order valence-electron chi connectivity index (χ3n) is 3.25. The molecule has 2 rings (SSSR count). The van der Waals surface area contributed by atoms with E-state index in [0.29, 0.717) is 12.5 Å². The maximum absolute atomic E-state index is 6.03. The van der Waals surface area contributed by atoms with Crippen LogP contribution in [0.4, 0.5) is 5.82 Å². The van der Waals surface area contributed by atoms with E-state index < -0.39 is 0 Å². The van der Waals surface area contributed by atoms with Gasteiger partial charge < -0.3 is 14.4 Å². The lowest BCUT2D eigenvalue weighted by atomic mass is 10.1. The molecule has 1 aromatic heterocycles. The standard InChI is InChI=1S/C14H22BrN3O2/c1-5-19-13-10(2)12(16-9-17-13)18-7-11(6-15)20-14(3,4)8-18/h9,11H,5-8H2,1-4H3. The van der Waals surface area contributed by atoms with E-state index in [1.807, 2.05) is 13.8 Å². The van der Waals surface area contributed by atoms with Crippen LogP contribution in [0, 0.1) is 6.92 Å². The Kier molecular flexibility index (Phi) is 4.86. The lowest BCUT2D eigenvalue weighted by Crippen LogP contribution is -2.53. The molecule has 1 fully saturated rings. The molecule has 0 radical (unpaired) electrons. The van der Waals surface area contributed by atoms with Crippen molar-refractivity contribution in [3.63, 3.8) is 0 Å². The van der Waals surface area contributed by atoms with E-state index >= 15 is 0 Å². The monoisotopic (exact) mass is 343 g/mol. The van der Waals surface area contributed by atoms with E-state index in [9.17, 15) is 0 Å². The highest BCUT2D eigenvalue weighted by Gasteiger charge is 2.34. The fourth-order valence-corrected chi connectivity index (χ4v) is 2.90. The molecule has 1 saturated heterocycles. The topological polar surface area (TPSA) is 47.5 Å². The summed E-state index contributed by atoms with van der Waals surface area (Å²) in [5.74, 6) is 1.60. The number of aromatic nitrogens is 2. The molecule has 1 aromatic rings. The number of anilines is 1. The molecule has 0 aromatic carbocycles. The molecule has 2 heterocycles. The van der Waals surface area contributed by atoms with E-state index in [1.54, 1.807) is 6.33 Å². The van der Waals surface area contributed by atoms with Gasteiger partial charge in [0, 0.05) is 18.4 Å². The normalized spacial score (nSPS) is 21.9. The fraction of sp³-hybridized carbons (Fsp3) is 0.714. The second kappa shape index (κ2) is 6.26. The van der Waals surface area contributed by atoms with E-state index in [1.165, 1.54) is 0 Å². The van der Waals surface area contributed by atoms with Crippen LogP contribution in [0.15, 0.2) is 6.33 Å². The van der Waals surface area contributed by atoms with Gasteiger partial charge in [-0.25, -0.2) is 9.97 Å². The molecule has 0 aliphatic carbocycles. The minimum atomic E-state index is -0.195. The van der Waals surface area contributed by atoms with Gasteiger partial charge in [0.1, 0.15) is 12.1 Å². The number of alkyl halides is 1. The zero-order valence-corrected chi connectivity index (χ0v) is 14.1. The molecule has 0 spiro atoms. The Balaban J connectivity index is 2.28. The van der Waals surface area contributed by atoms with Gasteiger partial charge in [0.05, 0.1) is 23.9 Å². The molecule has 6 heteroatoms. The number of nitrogens with zero attached hydrogens (tertiary/aromatic N) is 3. The minimum Gasteiger partial charge on any atom is -0.478 e. The number of hydrogen-bond acceptors (Lipinski definition) is 5. The third kappa shape index (κ3) is 3.41. The minimum absolute atomic E-state index is 0.156. The summed E-state index contributed by atoms with van der Waals surface area (Å²) in [7, 11) is 0. The van der Waals surface area contributed by atoms with Crippen molar-refractivity contribution in [2.75, 3.05) is 29.9 Å². The maximum Gasteiger partial charge on any atom is 0.221 e.